The van der Waals surface area contributed by atoms with E-state index in [9.17, 15) is 4.21 Å². The monoisotopic (exact) mass is 253 g/mol. The molecule has 3 nitrogen and oxygen atoms in total. The molecule has 1 unspecified atom stereocenters. The number of aryl methyl sites for hydroxylation is 1. The van der Waals surface area contributed by atoms with E-state index in [1.54, 1.807) is 7.11 Å². The van der Waals surface area contributed by atoms with Crippen LogP contribution in [-0.2, 0) is 15.7 Å². The predicted octanol–water partition coefficient (Wildman–Crippen LogP) is 2.48. The molecule has 0 saturated carbocycles. The van der Waals surface area contributed by atoms with Crippen LogP contribution in [0.25, 0.3) is 0 Å². The third-order valence-corrected chi connectivity index (χ3v) is 4.85. The molecule has 94 valence electrons. The van der Waals surface area contributed by atoms with Crippen LogP contribution in [0.5, 0.6) is 0 Å². The average molecular weight is 253 g/mol. The maximum Gasteiger partial charge on any atom is 0.130 e. The Morgan fingerprint density at radius 2 is 2.12 bits per heavy atom. The minimum atomic E-state index is -1.10. The van der Waals surface area contributed by atoms with Gasteiger partial charge in [0.15, 0.2) is 0 Å². The predicted molar refractivity (Wildman–Crippen MR) is 68.9 cm³/mol. The number of hydrogen-bond acceptors (Lipinski definition) is 2. The van der Waals surface area contributed by atoms with Gasteiger partial charge in [-0.3, -0.25) is 0 Å². The zero-order valence-corrected chi connectivity index (χ0v) is 11.2. The largest absolute Gasteiger partial charge is 0.365 e. The number of methoxy groups -OCH3 is 1. The Hall–Kier alpha value is -0.710. The fraction of sp³-hybridized carbons (Fsp3) is 0.538. The molecule has 1 aromatic carbocycles. The molecule has 2 atom stereocenters. The molecule has 1 fully saturated rings. The van der Waals surface area contributed by atoms with E-state index < -0.39 is 11.0 Å². The first kappa shape index (κ1) is 12.7. The molecule has 0 aromatic heterocycles. The first-order chi connectivity index (χ1) is 8.24. The van der Waals surface area contributed by atoms with Crippen LogP contribution in [-0.4, -0.2) is 28.4 Å². The van der Waals surface area contributed by atoms with Crippen molar-refractivity contribution >= 4 is 11.0 Å². The van der Waals surface area contributed by atoms with E-state index >= 15 is 0 Å². The third-order valence-electron chi connectivity index (χ3n) is 3.17. The second-order valence-corrected chi connectivity index (χ2v) is 5.75. The van der Waals surface area contributed by atoms with E-state index in [0.717, 1.165) is 36.3 Å². The molecule has 4 heteroatoms. The average Bonchev–Trinajstić information content (AvgIpc) is 2.38. The highest BCUT2D eigenvalue weighted by molar-refractivity contribution is 7.82. The lowest BCUT2D eigenvalue weighted by Crippen LogP contribution is -2.41. The Bertz CT molecular complexity index is 408. The lowest BCUT2D eigenvalue weighted by atomic mass is 10.1. The van der Waals surface area contributed by atoms with Crippen molar-refractivity contribution in [2.45, 2.75) is 37.3 Å². The molecule has 0 N–H and O–H groups in total. The molecule has 0 aliphatic carbocycles. The zero-order valence-electron chi connectivity index (χ0n) is 10.4. The SMILES string of the molecule is CO[C@H]1CCCCN1S(=O)c1ccccc1C. The fourth-order valence-electron chi connectivity index (χ4n) is 2.18. The molecule has 2 rings (SSSR count). The molecule has 0 amide bonds. The minimum absolute atomic E-state index is 0.0100. The molecular weight excluding hydrogens is 234 g/mol. The van der Waals surface area contributed by atoms with Gasteiger partial charge in [-0.15, -0.1) is 0 Å². The van der Waals surface area contributed by atoms with E-state index in [2.05, 4.69) is 0 Å². The van der Waals surface area contributed by atoms with Gasteiger partial charge in [-0.1, -0.05) is 18.2 Å². The molecule has 0 spiro atoms. The van der Waals surface area contributed by atoms with Gasteiger partial charge >= 0.3 is 0 Å². The van der Waals surface area contributed by atoms with Crippen molar-refractivity contribution in [1.29, 1.82) is 0 Å². The van der Waals surface area contributed by atoms with Crippen LogP contribution in [0.4, 0.5) is 0 Å². The summed E-state index contributed by atoms with van der Waals surface area (Å²) < 4.78 is 19.9. The summed E-state index contributed by atoms with van der Waals surface area (Å²) in [5.74, 6) is 0. The molecule has 1 heterocycles. The Morgan fingerprint density at radius 1 is 1.35 bits per heavy atom. The van der Waals surface area contributed by atoms with Crippen LogP contribution in [0.15, 0.2) is 29.2 Å². The van der Waals surface area contributed by atoms with Crippen molar-refractivity contribution in [2.75, 3.05) is 13.7 Å². The van der Waals surface area contributed by atoms with Crippen LogP contribution in [0.2, 0.25) is 0 Å². The van der Waals surface area contributed by atoms with Gasteiger partial charge in [0.2, 0.25) is 0 Å². The van der Waals surface area contributed by atoms with Gasteiger partial charge in [0, 0.05) is 13.7 Å². The second kappa shape index (κ2) is 5.76. The van der Waals surface area contributed by atoms with Gasteiger partial charge in [0.1, 0.15) is 17.2 Å². The fourth-order valence-corrected chi connectivity index (χ4v) is 3.67. The summed E-state index contributed by atoms with van der Waals surface area (Å²) in [6, 6.07) is 7.85. The molecule has 1 saturated heterocycles. The summed E-state index contributed by atoms with van der Waals surface area (Å²) in [5.41, 5.74) is 1.08. The van der Waals surface area contributed by atoms with Crippen molar-refractivity contribution in [2.24, 2.45) is 0 Å². The summed E-state index contributed by atoms with van der Waals surface area (Å²) in [6.45, 7) is 2.85. The smallest absolute Gasteiger partial charge is 0.130 e. The van der Waals surface area contributed by atoms with Crippen molar-refractivity contribution in [1.82, 2.24) is 4.31 Å². The van der Waals surface area contributed by atoms with Crippen LogP contribution in [0.3, 0.4) is 0 Å². The summed E-state index contributed by atoms with van der Waals surface area (Å²) in [7, 11) is 0.589. The Kier molecular flexibility index (Phi) is 4.31. The molecule has 1 aromatic rings. The highest BCUT2D eigenvalue weighted by Gasteiger charge is 2.27. The van der Waals surface area contributed by atoms with Gasteiger partial charge in [0.05, 0.1) is 4.90 Å². The molecule has 1 aliphatic rings. The molecule has 17 heavy (non-hydrogen) atoms. The molecule has 0 radical (unpaired) electrons. The quantitative estimate of drug-likeness (QED) is 0.828. The van der Waals surface area contributed by atoms with Gasteiger partial charge in [-0.05, 0) is 37.8 Å². The summed E-state index contributed by atoms with van der Waals surface area (Å²) >= 11 is 0. The zero-order chi connectivity index (χ0) is 12.3. The van der Waals surface area contributed by atoms with Gasteiger partial charge in [-0.25, -0.2) is 4.21 Å². The first-order valence-corrected chi connectivity index (χ1v) is 7.11. The number of hydrogen-bond donors (Lipinski definition) is 0. The standard InChI is InChI=1S/C13H19NO2S/c1-11-7-3-4-8-12(11)17(15)14-10-6-5-9-13(14)16-2/h3-4,7-8,13H,5-6,9-10H2,1-2H3/t13-,17?/m0/s1. The summed E-state index contributed by atoms with van der Waals surface area (Å²) in [5, 5.41) is 0. The normalized spacial score (nSPS) is 23.5. The van der Waals surface area contributed by atoms with Crippen molar-refractivity contribution in [3.63, 3.8) is 0 Å². The minimum Gasteiger partial charge on any atom is -0.365 e. The van der Waals surface area contributed by atoms with Crippen molar-refractivity contribution in [3.8, 4) is 0 Å². The Labute approximate surface area is 105 Å². The lowest BCUT2D eigenvalue weighted by molar-refractivity contribution is -0.00519. The first-order valence-electron chi connectivity index (χ1n) is 6.01. The maximum atomic E-state index is 12.5. The van der Waals surface area contributed by atoms with E-state index in [-0.39, 0.29) is 6.23 Å². The van der Waals surface area contributed by atoms with Gasteiger partial charge in [0.25, 0.3) is 0 Å². The number of piperidine rings is 1. The highest BCUT2D eigenvalue weighted by Crippen LogP contribution is 2.24. The number of nitrogens with zero attached hydrogens (tertiary/aromatic N) is 1. The highest BCUT2D eigenvalue weighted by atomic mass is 32.2. The van der Waals surface area contributed by atoms with E-state index in [4.69, 9.17) is 4.74 Å². The third kappa shape index (κ3) is 2.76. The number of rotatable bonds is 3. The Morgan fingerprint density at radius 3 is 2.82 bits per heavy atom. The number of ether oxygens (including phenoxy) is 1. The van der Waals surface area contributed by atoms with Crippen LogP contribution in [0.1, 0.15) is 24.8 Å². The molecule has 0 bridgehead atoms. The van der Waals surface area contributed by atoms with E-state index in [1.807, 2.05) is 35.5 Å². The Balaban J connectivity index is 2.21. The van der Waals surface area contributed by atoms with Crippen molar-refractivity contribution in [3.05, 3.63) is 29.8 Å². The van der Waals surface area contributed by atoms with Gasteiger partial charge in [-0.2, -0.15) is 4.31 Å². The van der Waals surface area contributed by atoms with Crippen LogP contribution >= 0.6 is 0 Å². The summed E-state index contributed by atoms with van der Waals surface area (Å²) in [4.78, 5) is 0.899. The van der Waals surface area contributed by atoms with E-state index in [1.165, 1.54) is 0 Å². The van der Waals surface area contributed by atoms with Gasteiger partial charge < -0.3 is 4.74 Å². The van der Waals surface area contributed by atoms with Crippen LogP contribution < -0.4 is 0 Å². The van der Waals surface area contributed by atoms with E-state index in [0.29, 0.717) is 0 Å². The topological polar surface area (TPSA) is 29.5 Å². The lowest BCUT2D eigenvalue weighted by Gasteiger charge is -2.33. The van der Waals surface area contributed by atoms with Crippen molar-refractivity contribution < 1.29 is 8.95 Å². The molecular formula is C13H19NO2S. The summed E-state index contributed by atoms with van der Waals surface area (Å²) in [6.07, 6.45) is 3.20. The second-order valence-electron chi connectivity index (χ2n) is 4.34. The number of benzene rings is 1. The maximum absolute atomic E-state index is 12.5. The molecule has 1 aliphatic heterocycles. The van der Waals surface area contributed by atoms with Crippen LogP contribution in [0, 0.1) is 6.92 Å².